The number of hydrogen-bond donors (Lipinski definition) is 1. The zero-order valence-electron chi connectivity index (χ0n) is 10.2. The molecule has 0 aromatic carbocycles. The highest BCUT2D eigenvalue weighted by molar-refractivity contribution is 5.75. The first-order chi connectivity index (χ1) is 8.24. The molecule has 2 aromatic rings. The Balaban J connectivity index is 2.43. The summed E-state index contributed by atoms with van der Waals surface area (Å²) in [6.07, 6.45) is 5.68. The molecular formula is C13H17N3O. The van der Waals surface area contributed by atoms with Crippen LogP contribution in [0.3, 0.4) is 0 Å². The molecule has 0 radical (unpaired) electrons. The SMILES string of the molecule is CCCC(C)c1noc(N)c1-c1ccncc1. The minimum atomic E-state index is 0.351. The molecular weight excluding hydrogens is 214 g/mol. The lowest BCUT2D eigenvalue weighted by Gasteiger charge is -2.08. The van der Waals surface area contributed by atoms with E-state index in [1.807, 2.05) is 12.1 Å². The zero-order valence-corrected chi connectivity index (χ0v) is 10.2. The Labute approximate surface area is 101 Å². The van der Waals surface area contributed by atoms with Crippen molar-refractivity contribution in [2.24, 2.45) is 0 Å². The van der Waals surface area contributed by atoms with E-state index in [1.165, 1.54) is 0 Å². The third-order valence-electron chi connectivity index (χ3n) is 2.90. The summed E-state index contributed by atoms with van der Waals surface area (Å²) in [7, 11) is 0. The zero-order chi connectivity index (χ0) is 12.3. The number of hydrogen-bond acceptors (Lipinski definition) is 4. The molecule has 0 saturated heterocycles. The second-order valence-corrected chi connectivity index (χ2v) is 4.23. The summed E-state index contributed by atoms with van der Waals surface area (Å²) in [6.45, 7) is 4.30. The van der Waals surface area contributed by atoms with Crippen LogP contribution in [0.1, 0.15) is 38.3 Å². The van der Waals surface area contributed by atoms with Crippen molar-refractivity contribution in [2.75, 3.05) is 5.73 Å². The van der Waals surface area contributed by atoms with Crippen LogP contribution in [-0.2, 0) is 0 Å². The highest BCUT2D eigenvalue weighted by Crippen LogP contribution is 2.34. The fraction of sp³-hybridized carbons (Fsp3) is 0.385. The van der Waals surface area contributed by atoms with Crippen molar-refractivity contribution in [1.82, 2.24) is 10.1 Å². The summed E-state index contributed by atoms with van der Waals surface area (Å²) in [5.41, 5.74) is 8.72. The van der Waals surface area contributed by atoms with Gasteiger partial charge in [-0.3, -0.25) is 4.98 Å². The molecule has 1 atom stereocenters. The second kappa shape index (κ2) is 4.99. The lowest BCUT2D eigenvalue weighted by molar-refractivity contribution is 0.419. The van der Waals surface area contributed by atoms with Crippen LogP contribution in [0.15, 0.2) is 29.0 Å². The molecule has 2 rings (SSSR count). The van der Waals surface area contributed by atoms with E-state index in [-0.39, 0.29) is 0 Å². The molecule has 0 aliphatic rings. The Bertz CT molecular complexity index is 479. The molecule has 90 valence electrons. The van der Waals surface area contributed by atoms with E-state index < -0.39 is 0 Å². The average Bonchev–Trinajstić information content (AvgIpc) is 2.73. The van der Waals surface area contributed by atoms with Crippen molar-refractivity contribution in [3.05, 3.63) is 30.2 Å². The van der Waals surface area contributed by atoms with Gasteiger partial charge in [0.05, 0.1) is 11.3 Å². The van der Waals surface area contributed by atoms with Crippen molar-refractivity contribution < 1.29 is 4.52 Å². The van der Waals surface area contributed by atoms with Gasteiger partial charge in [-0.15, -0.1) is 0 Å². The Morgan fingerprint density at radius 1 is 1.35 bits per heavy atom. The molecule has 4 heteroatoms. The van der Waals surface area contributed by atoms with Crippen LogP contribution in [0, 0.1) is 0 Å². The van der Waals surface area contributed by atoms with Crippen LogP contribution in [0.25, 0.3) is 11.1 Å². The van der Waals surface area contributed by atoms with Gasteiger partial charge in [-0.05, 0) is 24.1 Å². The first kappa shape index (κ1) is 11.6. The lowest BCUT2D eigenvalue weighted by atomic mass is 9.95. The van der Waals surface area contributed by atoms with Gasteiger partial charge in [0, 0.05) is 18.3 Å². The van der Waals surface area contributed by atoms with Gasteiger partial charge < -0.3 is 10.3 Å². The molecule has 0 amide bonds. The van der Waals surface area contributed by atoms with Crippen molar-refractivity contribution in [1.29, 1.82) is 0 Å². The first-order valence-corrected chi connectivity index (χ1v) is 5.89. The Morgan fingerprint density at radius 2 is 2.06 bits per heavy atom. The molecule has 0 fully saturated rings. The van der Waals surface area contributed by atoms with E-state index in [2.05, 4.69) is 24.0 Å². The Hall–Kier alpha value is -1.84. The van der Waals surface area contributed by atoms with E-state index in [1.54, 1.807) is 12.4 Å². The van der Waals surface area contributed by atoms with E-state index in [0.717, 1.165) is 29.7 Å². The lowest BCUT2D eigenvalue weighted by Crippen LogP contribution is -1.97. The highest BCUT2D eigenvalue weighted by Gasteiger charge is 2.19. The largest absolute Gasteiger partial charge is 0.367 e. The third-order valence-corrected chi connectivity index (χ3v) is 2.90. The molecule has 0 aliphatic carbocycles. The quantitative estimate of drug-likeness (QED) is 0.877. The van der Waals surface area contributed by atoms with Crippen LogP contribution in [0.4, 0.5) is 5.88 Å². The van der Waals surface area contributed by atoms with Crippen LogP contribution in [-0.4, -0.2) is 10.1 Å². The Kier molecular flexibility index (Phi) is 3.42. The van der Waals surface area contributed by atoms with Crippen molar-refractivity contribution in [3.63, 3.8) is 0 Å². The fourth-order valence-corrected chi connectivity index (χ4v) is 2.03. The molecule has 0 aliphatic heterocycles. The van der Waals surface area contributed by atoms with E-state index >= 15 is 0 Å². The summed E-state index contributed by atoms with van der Waals surface area (Å²) < 4.78 is 5.12. The summed E-state index contributed by atoms with van der Waals surface area (Å²) in [5, 5.41) is 4.09. The first-order valence-electron chi connectivity index (χ1n) is 5.89. The van der Waals surface area contributed by atoms with Crippen LogP contribution >= 0.6 is 0 Å². The number of anilines is 1. The van der Waals surface area contributed by atoms with Crippen LogP contribution in [0.5, 0.6) is 0 Å². The monoisotopic (exact) mass is 231 g/mol. The van der Waals surface area contributed by atoms with Gasteiger partial charge in [0.15, 0.2) is 0 Å². The maximum Gasteiger partial charge on any atom is 0.230 e. The summed E-state index contributed by atoms with van der Waals surface area (Å²) in [5.74, 6) is 0.735. The van der Waals surface area contributed by atoms with Crippen molar-refractivity contribution in [3.8, 4) is 11.1 Å². The number of aromatic nitrogens is 2. The van der Waals surface area contributed by atoms with Gasteiger partial charge in [0.1, 0.15) is 0 Å². The highest BCUT2D eigenvalue weighted by atomic mass is 16.5. The minimum Gasteiger partial charge on any atom is -0.367 e. The molecule has 1 unspecified atom stereocenters. The fourth-order valence-electron chi connectivity index (χ4n) is 2.03. The number of pyridine rings is 1. The van der Waals surface area contributed by atoms with Gasteiger partial charge in [-0.1, -0.05) is 25.4 Å². The van der Waals surface area contributed by atoms with Crippen molar-refractivity contribution in [2.45, 2.75) is 32.6 Å². The summed E-state index contributed by atoms with van der Waals surface area (Å²) in [4.78, 5) is 4.00. The molecule has 2 N–H and O–H groups in total. The normalized spacial score (nSPS) is 12.6. The maximum absolute atomic E-state index is 5.86. The Morgan fingerprint density at radius 3 is 2.71 bits per heavy atom. The van der Waals surface area contributed by atoms with Gasteiger partial charge in [-0.25, -0.2) is 0 Å². The summed E-state index contributed by atoms with van der Waals surface area (Å²) >= 11 is 0. The van der Waals surface area contributed by atoms with Gasteiger partial charge >= 0.3 is 0 Å². The maximum atomic E-state index is 5.86. The number of nitrogens with two attached hydrogens (primary N) is 1. The smallest absolute Gasteiger partial charge is 0.230 e. The van der Waals surface area contributed by atoms with Gasteiger partial charge in [0.25, 0.3) is 0 Å². The molecule has 2 heterocycles. The standard InChI is InChI=1S/C13H17N3O/c1-3-4-9(2)12-11(13(14)17-16-12)10-5-7-15-8-6-10/h5-9H,3-4,14H2,1-2H3. The van der Waals surface area contributed by atoms with Crippen molar-refractivity contribution >= 4 is 5.88 Å². The molecule has 17 heavy (non-hydrogen) atoms. The summed E-state index contributed by atoms with van der Waals surface area (Å²) in [6, 6.07) is 3.84. The minimum absolute atomic E-state index is 0.351. The molecule has 2 aromatic heterocycles. The number of rotatable bonds is 4. The van der Waals surface area contributed by atoms with Gasteiger partial charge in [0.2, 0.25) is 5.88 Å². The molecule has 4 nitrogen and oxygen atoms in total. The van der Waals surface area contributed by atoms with E-state index in [9.17, 15) is 0 Å². The van der Waals surface area contributed by atoms with Crippen LogP contribution in [0.2, 0.25) is 0 Å². The average molecular weight is 231 g/mol. The number of nitrogens with zero attached hydrogens (tertiary/aromatic N) is 2. The molecule has 0 bridgehead atoms. The molecule has 0 saturated carbocycles. The second-order valence-electron chi connectivity index (χ2n) is 4.23. The predicted molar refractivity (Wildman–Crippen MR) is 67.5 cm³/mol. The molecule has 0 spiro atoms. The predicted octanol–water partition coefficient (Wildman–Crippen LogP) is 3.22. The van der Waals surface area contributed by atoms with E-state index in [4.69, 9.17) is 10.3 Å². The topological polar surface area (TPSA) is 64.9 Å². The number of nitrogen functional groups attached to an aromatic ring is 1. The van der Waals surface area contributed by atoms with E-state index in [0.29, 0.717) is 11.8 Å². The van der Waals surface area contributed by atoms with Gasteiger partial charge in [-0.2, -0.15) is 0 Å². The van der Waals surface area contributed by atoms with Crippen LogP contribution < -0.4 is 5.73 Å². The third kappa shape index (κ3) is 2.30.